The van der Waals surface area contributed by atoms with Crippen LogP contribution in [0.15, 0.2) is 36.0 Å². The van der Waals surface area contributed by atoms with Crippen LogP contribution >= 0.6 is 22.9 Å². The molecule has 0 fully saturated rings. The fourth-order valence-electron chi connectivity index (χ4n) is 1.57. The van der Waals surface area contributed by atoms with E-state index in [0.29, 0.717) is 0 Å². The Morgan fingerprint density at radius 1 is 1.31 bits per heavy atom. The minimum Gasteiger partial charge on any atom is -0.323 e. The van der Waals surface area contributed by atoms with Crippen LogP contribution in [0.1, 0.15) is 22.9 Å². The summed E-state index contributed by atoms with van der Waals surface area (Å²) in [5, 5.41) is 2.76. The molecule has 2 aromatic rings. The molecular weight excluding hydrogens is 240 g/mol. The van der Waals surface area contributed by atoms with Crippen molar-refractivity contribution < 1.29 is 0 Å². The summed E-state index contributed by atoms with van der Waals surface area (Å²) in [5.41, 5.74) is 7.36. The predicted molar refractivity (Wildman–Crippen MR) is 68.8 cm³/mol. The quantitative estimate of drug-likeness (QED) is 0.906. The minimum atomic E-state index is 0.0284. The van der Waals surface area contributed by atoms with Crippen LogP contribution in [-0.2, 0) is 6.42 Å². The normalized spacial score (nSPS) is 12.6. The second kappa shape index (κ2) is 5.43. The van der Waals surface area contributed by atoms with E-state index in [9.17, 15) is 0 Å². The third-order valence-corrected chi connectivity index (χ3v) is 3.97. The molecule has 2 aromatic heterocycles. The molecule has 0 saturated heterocycles. The smallest absolute Gasteiger partial charge is 0.0561 e. The Morgan fingerprint density at radius 2 is 2.06 bits per heavy atom. The van der Waals surface area contributed by atoms with Crippen LogP contribution in [0.3, 0.4) is 0 Å². The molecule has 0 aliphatic heterocycles. The topological polar surface area (TPSA) is 38.9 Å². The van der Waals surface area contributed by atoms with Gasteiger partial charge in [0.2, 0.25) is 0 Å². The lowest BCUT2D eigenvalue weighted by atomic mass is 10.1. The van der Waals surface area contributed by atoms with Crippen LogP contribution < -0.4 is 5.73 Å². The highest BCUT2D eigenvalue weighted by Crippen LogP contribution is 2.29. The van der Waals surface area contributed by atoms with Crippen molar-refractivity contribution in [1.29, 1.82) is 0 Å². The Hall–Kier alpha value is -0.900. The first-order chi connectivity index (χ1) is 7.77. The average molecular weight is 253 g/mol. The number of nitrogens with two attached hydrogens (primary N) is 1. The van der Waals surface area contributed by atoms with Crippen molar-refractivity contribution >= 4 is 22.9 Å². The van der Waals surface area contributed by atoms with Gasteiger partial charge in [0.1, 0.15) is 0 Å². The number of hydrogen-bond acceptors (Lipinski definition) is 3. The second-order valence-corrected chi connectivity index (χ2v) is 4.99. The number of hydrogen-bond donors (Lipinski definition) is 1. The van der Waals surface area contributed by atoms with Crippen molar-refractivity contribution in [3.8, 4) is 0 Å². The summed E-state index contributed by atoms with van der Waals surface area (Å²) in [6, 6.07) is 5.96. The van der Waals surface area contributed by atoms with E-state index in [2.05, 4.69) is 4.98 Å². The van der Waals surface area contributed by atoms with E-state index in [1.54, 1.807) is 23.7 Å². The number of halogens is 1. The first-order valence-electron chi connectivity index (χ1n) is 5.15. The van der Waals surface area contributed by atoms with Gasteiger partial charge in [0.05, 0.1) is 5.02 Å². The second-order valence-electron chi connectivity index (χ2n) is 3.63. The van der Waals surface area contributed by atoms with Crippen LogP contribution in [0, 0.1) is 0 Å². The summed E-state index contributed by atoms with van der Waals surface area (Å²) in [6.45, 7) is 0. The number of rotatable bonds is 4. The molecule has 0 aliphatic rings. The molecule has 1 unspecified atom stereocenters. The van der Waals surface area contributed by atoms with Crippen molar-refractivity contribution in [2.45, 2.75) is 18.9 Å². The number of thiophene rings is 1. The Kier molecular flexibility index (Phi) is 3.93. The largest absolute Gasteiger partial charge is 0.323 e. The van der Waals surface area contributed by atoms with E-state index in [4.69, 9.17) is 17.3 Å². The van der Waals surface area contributed by atoms with Crippen molar-refractivity contribution in [3.05, 3.63) is 51.4 Å². The highest BCUT2D eigenvalue weighted by Gasteiger charge is 2.11. The third-order valence-electron chi connectivity index (χ3n) is 2.47. The van der Waals surface area contributed by atoms with Gasteiger partial charge >= 0.3 is 0 Å². The Labute approximate surface area is 104 Å². The van der Waals surface area contributed by atoms with Crippen molar-refractivity contribution in [3.63, 3.8) is 0 Å². The molecule has 84 valence electrons. The van der Waals surface area contributed by atoms with Gasteiger partial charge < -0.3 is 5.73 Å². The van der Waals surface area contributed by atoms with Crippen LogP contribution in [0.5, 0.6) is 0 Å². The van der Waals surface area contributed by atoms with E-state index in [1.807, 2.05) is 23.6 Å². The Bertz CT molecular complexity index is 441. The van der Waals surface area contributed by atoms with Gasteiger partial charge in [-0.25, -0.2) is 0 Å². The number of nitrogens with zero attached hydrogens (tertiary/aromatic N) is 1. The van der Waals surface area contributed by atoms with Crippen LogP contribution in [0.4, 0.5) is 0 Å². The molecule has 0 bridgehead atoms. The number of aromatic nitrogens is 1. The minimum absolute atomic E-state index is 0.0284. The number of pyridine rings is 1. The molecule has 16 heavy (non-hydrogen) atoms. The Balaban J connectivity index is 1.94. The lowest BCUT2D eigenvalue weighted by Crippen LogP contribution is -2.10. The number of aryl methyl sites for hydroxylation is 1. The molecule has 2 rings (SSSR count). The summed E-state index contributed by atoms with van der Waals surface area (Å²) < 4.78 is 0. The average Bonchev–Trinajstić information content (AvgIpc) is 2.74. The molecule has 0 spiro atoms. The van der Waals surface area contributed by atoms with E-state index in [-0.39, 0.29) is 6.04 Å². The maximum atomic E-state index is 6.10. The van der Waals surface area contributed by atoms with Gasteiger partial charge in [0, 0.05) is 23.3 Å². The van der Waals surface area contributed by atoms with E-state index < -0.39 is 0 Å². The summed E-state index contributed by atoms with van der Waals surface area (Å²) in [7, 11) is 0. The zero-order valence-electron chi connectivity index (χ0n) is 8.77. The molecule has 4 heteroatoms. The molecule has 0 amide bonds. The van der Waals surface area contributed by atoms with Gasteiger partial charge in [-0.15, -0.1) is 11.3 Å². The molecule has 2 N–H and O–H groups in total. The van der Waals surface area contributed by atoms with Gasteiger partial charge in [-0.3, -0.25) is 4.98 Å². The lowest BCUT2D eigenvalue weighted by Gasteiger charge is -2.10. The predicted octanol–water partition coefficient (Wildman–Crippen LogP) is 3.43. The third kappa shape index (κ3) is 2.82. The van der Waals surface area contributed by atoms with Gasteiger partial charge in [0.15, 0.2) is 0 Å². The molecule has 0 aliphatic carbocycles. The van der Waals surface area contributed by atoms with Gasteiger partial charge in [0.25, 0.3) is 0 Å². The Morgan fingerprint density at radius 3 is 2.69 bits per heavy atom. The van der Waals surface area contributed by atoms with Gasteiger partial charge in [-0.05, 0) is 42.0 Å². The molecule has 0 saturated carbocycles. The van der Waals surface area contributed by atoms with Crippen molar-refractivity contribution in [2.24, 2.45) is 5.73 Å². The lowest BCUT2D eigenvalue weighted by molar-refractivity contribution is 0.662. The summed E-state index contributed by atoms with van der Waals surface area (Å²) in [5.74, 6) is 0. The van der Waals surface area contributed by atoms with Crippen LogP contribution in [-0.4, -0.2) is 4.98 Å². The maximum Gasteiger partial charge on any atom is 0.0561 e. The molecule has 0 aromatic carbocycles. The fraction of sp³-hybridized carbons (Fsp3) is 0.250. The molecule has 1 atom stereocenters. The maximum absolute atomic E-state index is 6.10. The highest BCUT2D eigenvalue weighted by atomic mass is 35.5. The summed E-state index contributed by atoms with van der Waals surface area (Å²) in [4.78, 5) is 5.07. The van der Waals surface area contributed by atoms with E-state index in [0.717, 1.165) is 22.7 Å². The van der Waals surface area contributed by atoms with Crippen LogP contribution in [0.2, 0.25) is 5.02 Å². The highest BCUT2D eigenvalue weighted by molar-refractivity contribution is 7.10. The van der Waals surface area contributed by atoms with Gasteiger partial charge in [-0.1, -0.05) is 11.6 Å². The van der Waals surface area contributed by atoms with E-state index >= 15 is 0 Å². The van der Waals surface area contributed by atoms with Gasteiger partial charge in [-0.2, -0.15) is 0 Å². The zero-order chi connectivity index (χ0) is 11.4. The SMILES string of the molecule is NC(CCc1ccncc1)c1sccc1Cl. The molecule has 2 nitrogen and oxygen atoms in total. The molecule has 2 heterocycles. The first kappa shape index (κ1) is 11.6. The van der Waals surface area contributed by atoms with Crippen molar-refractivity contribution in [2.75, 3.05) is 0 Å². The van der Waals surface area contributed by atoms with Crippen LogP contribution in [0.25, 0.3) is 0 Å². The molecule has 0 radical (unpaired) electrons. The molecular formula is C12H13ClN2S. The summed E-state index contributed by atoms with van der Waals surface area (Å²) in [6.07, 6.45) is 5.47. The summed E-state index contributed by atoms with van der Waals surface area (Å²) >= 11 is 7.66. The van der Waals surface area contributed by atoms with Crippen molar-refractivity contribution in [1.82, 2.24) is 4.98 Å². The fourth-order valence-corrected chi connectivity index (χ4v) is 2.81. The zero-order valence-corrected chi connectivity index (χ0v) is 10.3. The standard InChI is InChI=1S/C12H13ClN2S/c13-10-5-8-16-12(10)11(14)2-1-9-3-6-15-7-4-9/h3-8,11H,1-2,14H2. The van der Waals surface area contributed by atoms with E-state index in [1.165, 1.54) is 5.56 Å². The first-order valence-corrected chi connectivity index (χ1v) is 6.40. The monoisotopic (exact) mass is 252 g/mol.